The SMILES string of the molecule is Clc1ccccc1-c1nnc2n1CCCC2. The van der Waals surface area contributed by atoms with E-state index in [1.807, 2.05) is 24.3 Å². The lowest BCUT2D eigenvalue weighted by Gasteiger charge is -2.14. The summed E-state index contributed by atoms with van der Waals surface area (Å²) in [5.41, 5.74) is 0.977. The zero-order valence-corrected chi connectivity index (χ0v) is 9.61. The van der Waals surface area contributed by atoms with Crippen molar-refractivity contribution in [1.29, 1.82) is 0 Å². The van der Waals surface area contributed by atoms with Crippen LogP contribution in [0, 0.1) is 0 Å². The molecule has 3 rings (SSSR count). The van der Waals surface area contributed by atoms with Crippen LogP contribution in [-0.4, -0.2) is 14.8 Å². The van der Waals surface area contributed by atoms with Crippen molar-refractivity contribution in [3.8, 4) is 11.4 Å². The second-order valence-corrected chi connectivity index (χ2v) is 4.44. The molecule has 0 atom stereocenters. The summed E-state index contributed by atoms with van der Waals surface area (Å²) in [6.07, 6.45) is 3.43. The molecule has 1 aromatic carbocycles. The predicted octanol–water partition coefficient (Wildman–Crippen LogP) is 2.93. The molecule has 0 radical (unpaired) electrons. The number of halogens is 1. The fourth-order valence-corrected chi connectivity index (χ4v) is 2.37. The molecule has 0 aliphatic carbocycles. The molecule has 1 aliphatic heterocycles. The number of benzene rings is 1. The third-order valence-electron chi connectivity index (χ3n) is 2.97. The van der Waals surface area contributed by atoms with Gasteiger partial charge in [0, 0.05) is 18.5 Å². The Morgan fingerprint density at radius 2 is 2.00 bits per heavy atom. The van der Waals surface area contributed by atoms with E-state index in [1.54, 1.807) is 0 Å². The second kappa shape index (κ2) is 3.91. The van der Waals surface area contributed by atoms with Crippen molar-refractivity contribution in [1.82, 2.24) is 14.8 Å². The summed E-state index contributed by atoms with van der Waals surface area (Å²) in [7, 11) is 0. The molecule has 4 heteroatoms. The highest BCUT2D eigenvalue weighted by molar-refractivity contribution is 6.33. The van der Waals surface area contributed by atoms with Gasteiger partial charge in [-0.25, -0.2) is 0 Å². The molecule has 0 fully saturated rings. The highest BCUT2D eigenvalue weighted by Crippen LogP contribution is 2.28. The standard InChI is InChI=1S/C12H12ClN3/c13-10-6-2-1-5-9(10)12-15-14-11-7-3-4-8-16(11)12/h1-2,5-6H,3-4,7-8H2. The van der Waals surface area contributed by atoms with E-state index in [4.69, 9.17) is 11.6 Å². The summed E-state index contributed by atoms with van der Waals surface area (Å²) in [6.45, 7) is 1.00. The van der Waals surface area contributed by atoms with Crippen molar-refractivity contribution < 1.29 is 0 Å². The Labute approximate surface area is 99.1 Å². The molecular weight excluding hydrogens is 222 g/mol. The van der Waals surface area contributed by atoms with Gasteiger partial charge < -0.3 is 4.57 Å². The minimum absolute atomic E-state index is 0.739. The van der Waals surface area contributed by atoms with Crippen molar-refractivity contribution in [2.24, 2.45) is 0 Å². The normalized spacial score (nSPS) is 14.8. The van der Waals surface area contributed by atoms with Crippen LogP contribution in [0.3, 0.4) is 0 Å². The summed E-state index contributed by atoms with van der Waals surface area (Å²) in [5, 5.41) is 9.23. The van der Waals surface area contributed by atoms with Crippen LogP contribution in [0.1, 0.15) is 18.7 Å². The van der Waals surface area contributed by atoms with E-state index in [1.165, 1.54) is 12.8 Å². The number of nitrogens with zero attached hydrogens (tertiary/aromatic N) is 3. The highest BCUT2D eigenvalue weighted by atomic mass is 35.5. The maximum Gasteiger partial charge on any atom is 0.165 e. The summed E-state index contributed by atoms with van der Waals surface area (Å²) >= 11 is 6.18. The molecule has 1 aliphatic rings. The highest BCUT2D eigenvalue weighted by Gasteiger charge is 2.17. The van der Waals surface area contributed by atoms with Crippen LogP contribution < -0.4 is 0 Å². The van der Waals surface area contributed by atoms with Crippen LogP contribution in [0.5, 0.6) is 0 Å². The Morgan fingerprint density at radius 1 is 1.12 bits per heavy atom. The van der Waals surface area contributed by atoms with Gasteiger partial charge in [0.15, 0.2) is 5.82 Å². The summed E-state index contributed by atoms with van der Waals surface area (Å²) in [5.74, 6) is 1.99. The monoisotopic (exact) mass is 233 g/mol. The van der Waals surface area contributed by atoms with E-state index >= 15 is 0 Å². The predicted molar refractivity (Wildman–Crippen MR) is 63.4 cm³/mol. The lowest BCUT2D eigenvalue weighted by atomic mass is 10.1. The molecule has 1 aromatic heterocycles. The van der Waals surface area contributed by atoms with E-state index in [2.05, 4.69) is 14.8 Å². The number of aryl methyl sites for hydroxylation is 1. The molecule has 0 N–H and O–H groups in total. The second-order valence-electron chi connectivity index (χ2n) is 4.03. The molecule has 16 heavy (non-hydrogen) atoms. The van der Waals surface area contributed by atoms with Crippen LogP contribution >= 0.6 is 11.6 Å². The average Bonchev–Trinajstić information content (AvgIpc) is 2.74. The summed E-state index contributed by atoms with van der Waals surface area (Å²) < 4.78 is 2.19. The Bertz CT molecular complexity index is 519. The third-order valence-corrected chi connectivity index (χ3v) is 3.30. The van der Waals surface area contributed by atoms with Gasteiger partial charge in [-0.05, 0) is 25.0 Å². The quantitative estimate of drug-likeness (QED) is 0.758. The van der Waals surface area contributed by atoms with Gasteiger partial charge in [0.05, 0.1) is 5.02 Å². The Morgan fingerprint density at radius 3 is 2.88 bits per heavy atom. The molecular formula is C12H12ClN3. The molecule has 0 saturated carbocycles. The lowest BCUT2D eigenvalue weighted by Crippen LogP contribution is -2.11. The van der Waals surface area contributed by atoms with E-state index < -0.39 is 0 Å². The fraction of sp³-hybridized carbons (Fsp3) is 0.333. The van der Waals surface area contributed by atoms with Gasteiger partial charge in [0.25, 0.3) is 0 Å². The number of rotatable bonds is 1. The Balaban J connectivity index is 2.13. The number of aromatic nitrogens is 3. The summed E-state index contributed by atoms with van der Waals surface area (Å²) in [4.78, 5) is 0. The van der Waals surface area contributed by atoms with E-state index in [9.17, 15) is 0 Å². The molecule has 3 nitrogen and oxygen atoms in total. The summed E-state index contributed by atoms with van der Waals surface area (Å²) in [6, 6.07) is 7.79. The molecule has 2 aromatic rings. The van der Waals surface area contributed by atoms with Gasteiger partial charge in [-0.3, -0.25) is 0 Å². The number of fused-ring (bicyclic) bond motifs is 1. The van der Waals surface area contributed by atoms with Gasteiger partial charge in [-0.2, -0.15) is 0 Å². The Kier molecular flexibility index (Phi) is 2.40. The van der Waals surface area contributed by atoms with Gasteiger partial charge in [0.2, 0.25) is 0 Å². The van der Waals surface area contributed by atoms with Crippen molar-refractivity contribution in [2.45, 2.75) is 25.8 Å². The number of hydrogen-bond acceptors (Lipinski definition) is 2. The maximum atomic E-state index is 6.18. The van der Waals surface area contributed by atoms with Crippen LogP contribution in [0.25, 0.3) is 11.4 Å². The van der Waals surface area contributed by atoms with Crippen molar-refractivity contribution in [3.05, 3.63) is 35.1 Å². The zero-order chi connectivity index (χ0) is 11.0. The molecule has 0 bridgehead atoms. The smallest absolute Gasteiger partial charge is 0.165 e. The average molecular weight is 234 g/mol. The van der Waals surface area contributed by atoms with Gasteiger partial charge >= 0.3 is 0 Å². The fourth-order valence-electron chi connectivity index (χ4n) is 2.15. The van der Waals surface area contributed by atoms with Crippen molar-refractivity contribution >= 4 is 11.6 Å². The molecule has 2 heterocycles. The molecule has 0 saturated heterocycles. The first-order valence-corrected chi connectivity index (χ1v) is 5.91. The first-order chi connectivity index (χ1) is 7.86. The van der Waals surface area contributed by atoms with Crippen LogP contribution in [0.2, 0.25) is 5.02 Å². The number of hydrogen-bond donors (Lipinski definition) is 0. The van der Waals surface area contributed by atoms with E-state index in [0.29, 0.717) is 0 Å². The van der Waals surface area contributed by atoms with Crippen LogP contribution in [-0.2, 0) is 13.0 Å². The molecule has 0 amide bonds. The van der Waals surface area contributed by atoms with Crippen molar-refractivity contribution in [2.75, 3.05) is 0 Å². The van der Waals surface area contributed by atoms with E-state index in [0.717, 1.165) is 35.2 Å². The molecule has 82 valence electrons. The van der Waals surface area contributed by atoms with Gasteiger partial charge in [0.1, 0.15) is 5.82 Å². The van der Waals surface area contributed by atoms with Gasteiger partial charge in [-0.1, -0.05) is 23.7 Å². The maximum absolute atomic E-state index is 6.18. The molecule has 0 spiro atoms. The lowest BCUT2D eigenvalue weighted by molar-refractivity contribution is 0.526. The zero-order valence-electron chi connectivity index (χ0n) is 8.86. The topological polar surface area (TPSA) is 30.7 Å². The van der Waals surface area contributed by atoms with Crippen LogP contribution in [0.4, 0.5) is 0 Å². The first kappa shape index (κ1) is 9.85. The van der Waals surface area contributed by atoms with Gasteiger partial charge in [-0.15, -0.1) is 10.2 Å². The minimum atomic E-state index is 0.739. The van der Waals surface area contributed by atoms with Crippen LogP contribution in [0.15, 0.2) is 24.3 Å². The van der Waals surface area contributed by atoms with E-state index in [-0.39, 0.29) is 0 Å². The Hall–Kier alpha value is -1.35. The largest absolute Gasteiger partial charge is 0.311 e. The third kappa shape index (κ3) is 1.52. The first-order valence-electron chi connectivity index (χ1n) is 5.53. The van der Waals surface area contributed by atoms with Crippen molar-refractivity contribution in [3.63, 3.8) is 0 Å². The minimum Gasteiger partial charge on any atom is -0.311 e. The molecule has 0 unspecified atom stereocenters.